The topological polar surface area (TPSA) is 84.5 Å². The number of fused-ring (bicyclic) bond motifs is 1. The standard InChI is InChI=1S/C16H16N2O4S/c1-11(12-5-3-2-4-6-12)18-22-23(20,21)14-7-8-15-13(9-14)10-16(19)17-15/h2-9,11,18H,10H2,1H3,(H,17,19). The van der Waals surface area contributed by atoms with Gasteiger partial charge in [-0.05, 0) is 36.2 Å². The molecule has 0 spiro atoms. The molecule has 0 aromatic heterocycles. The molecule has 0 saturated carbocycles. The lowest BCUT2D eigenvalue weighted by molar-refractivity contribution is -0.115. The van der Waals surface area contributed by atoms with Crippen LogP contribution in [-0.4, -0.2) is 14.3 Å². The molecule has 0 aliphatic carbocycles. The molecule has 120 valence electrons. The fraction of sp³-hybridized carbons (Fsp3) is 0.188. The maximum Gasteiger partial charge on any atom is 0.312 e. The molecule has 0 bridgehead atoms. The van der Waals surface area contributed by atoms with Crippen LogP contribution in [0.4, 0.5) is 5.69 Å². The average Bonchev–Trinajstić information content (AvgIpc) is 2.92. The van der Waals surface area contributed by atoms with Gasteiger partial charge < -0.3 is 5.32 Å². The summed E-state index contributed by atoms with van der Waals surface area (Å²) in [6, 6.07) is 13.5. The van der Waals surface area contributed by atoms with Crippen LogP contribution in [0, 0.1) is 0 Å². The molecule has 2 N–H and O–H groups in total. The lowest BCUT2D eigenvalue weighted by Gasteiger charge is -2.14. The molecule has 23 heavy (non-hydrogen) atoms. The second kappa shape index (κ2) is 6.11. The lowest BCUT2D eigenvalue weighted by atomic mass is 10.1. The van der Waals surface area contributed by atoms with Gasteiger partial charge in [-0.25, -0.2) is 0 Å². The number of carbonyl (C=O) groups is 1. The van der Waals surface area contributed by atoms with Gasteiger partial charge in [-0.1, -0.05) is 30.3 Å². The summed E-state index contributed by atoms with van der Waals surface area (Å²) in [6.07, 6.45) is 0.173. The summed E-state index contributed by atoms with van der Waals surface area (Å²) in [5.41, 5.74) is 4.74. The van der Waals surface area contributed by atoms with Crippen molar-refractivity contribution in [2.24, 2.45) is 0 Å². The molecule has 6 nitrogen and oxygen atoms in total. The summed E-state index contributed by atoms with van der Waals surface area (Å²) in [5, 5.41) is 2.66. The third-order valence-corrected chi connectivity index (χ3v) is 4.77. The first-order valence-electron chi connectivity index (χ1n) is 7.12. The molecule has 1 amide bonds. The van der Waals surface area contributed by atoms with Crippen LogP contribution in [0.3, 0.4) is 0 Å². The molecule has 3 rings (SSSR count). The van der Waals surface area contributed by atoms with Gasteiger partial charge in [0.25, 0.3) is 0 Å². The van der Waals surface area contributed by atoms with E-state index in [2.05, 4.69) is 10.8 Å². The van der Waals surface area contributed by atoms with Gasteiger partial charge in [0.05, 0.1) is 17.4 Å². The van der Waals surface area contributed by atoms with Crippen LogP contribution in [0.25, 0.3) is 0 Å². The van der Waals surface area contributed by atoms with E-state index in [9.17, 15) is 13.2 Å². The quantitative estimate of drug-likeness (QED) is 0.820. The van der Waals surface area contributed by atoms with Crippen LogP contribution in [0.5, 0.6) is 0 Å². The van der Waals surface area contributed by atoms with Gasteiger partial charge in [0, 0.05) is 5.69 Å². The number of rotatable bonds is 5. The van der Waals surface area contributed by atoms with Crippen LogP contribution >= 0.6 is 0 Å². The Morgan fingerprint density at radius 2 is 1.91 bits per heavy atom. The van der Waals surface area contributed by atoms with E-state index in [-0.39, 0.29) is 23.3 Å². The number of hydroxylamine groups is 1. The first-order chi connectivity index (χ1) is 11.0. The van der Waals surface area contributed by atoms with Crippen molar-refractivity contribution in [1.82, 2.24) is 5.48 Å². The minimum absolute atomic E-state index is 0.0144. The van der Waals surface area contributed by atoms with Crippen LogP contribution in [-0.2, 0) is 25.6 Å². The highest BCUT2D eigenvalue weighted by Gasteiger charge is 2.23. The number of benzene rings is 2. The molecule has 7 heteroatoms. The van der Waals surface area contributed by atoms with Gasteiger partial charge in [-0.2, -0.15) is 18.2 Å². The third-order valence-electron chi connectivity index (χ3n) is 3.62. The Bertz CT molecular complexity index is 834. The normalized spacial score (nSPS) is 15.1. The fourth-order valence-electron chi connectivity index (χ4n) is 2.35. The Morgan fingerprint density at radius 1 is 1.17 bits per heavy atom. The van der Waals surface area contributed by atoms with Gasteiger partial charge in [-0.15, -0.1) is 0 Å². The molecule has 1 aliphatic rings. The molecule has 2 aromatic rings. The van der Waals surface area contributed by atoms with E-state index < -0.39 is 10.1 Å². The molecule has 1 heterocycles. The predicted molar refractivity (Wildman–Crippen MR) is 85.0 cm³/mol. The second-order valence-electron chi connectivity index (χ2n) is 5.33. The number of amides is 1. The highest BCUT2D eigenvalue weighted by molar-refractivity contribution is 7.86. The van der Waals surface area contributed by atoms with E-state index in [0.717, 1.165) is 5.56 Å². The lowest BCUT2D eigenvalue weighted by Crippen LogP contribution is -2.23. The summed E-state index contributed by atoms with van der Waals surface area (Å²) in [4.78, 5) is 11.3. The number of nitrogens with one attached hydrogen (secondary N) is 2. The van der Waals surface area contributed by atoms with Gasteiger partial charge in [0.2, 0.25) is 5.91 Å². The third kappa shape index (κ3) is 3.42. The van der Waals surface area contributed by atoms with Crippen molar-refractivity contribution in [3.8, 4) is 0 Å². The van der Waals surface area contributed by atoms with Crippen LogP contribution in [0.15, 0.2) is 53.4 Å². The molecule has 1 atom stereocenters. The zero-order valence-electron chi connectivity index (χ0n) is 12.4. The SMILES string of the molecule is CC(NOS(=O)(=O)c1ccc2c(c1)CC(=O)N2)c1ccccc1. The maximum absolute atomic E-state index is 12.3. The molecular formula is C16H16N2O4S. The Hall–Kier alpha value is -2.22. The van der Waals surface area contributed by atoms with E-state index in [1.54, 1.807) is 13.0 Å². The average molecular weight is 332 g/mol. The van der Waals surface area contributed by atoms with Crippen molar-refractivity contribution < 1.29 is 17.5 Å². The monoisotopic (exact) mass is 332 g/mol. The first-order valence-corrected chi connectivity index (χ1v) is 8.53. The van der Waals surface area contributed by atoms with Gasteiger partial charge in [0.1, 0.15) is 0 Å². The molecule has 0 fully saturated rings. The van der Waals surface area contributed by atoms with Crippen molar-refractivity contribution in [1.29, 1.82) is 0 Å². The summed E-state index contributed by atoms with van der Waals surface area (Å²) in [5.74, 6) is -0.147. The number of hydrogen-bond donors (Lipinski definition) is 2. The summed E-state index contributed by atoms with van der Waals surface area (Å²) in [7, 11) is -3.95. The predicted octanol–water partition coefficient (Wildman–Crippen LogP) is 2.15. The number of anilines is 1. The Labute approximate surface area is 134 Å². The Morgan fingerprint density at radius 3 is 2.65 bits per heavy atom. The van der Waals surface area contributed by atoms with Crippen molar-refractivity contribution >= 4 is 21.7 Å². The van der Waals surface area contributed by atoms with E-state index in [1.807, 2.05) is 30.3 Å². The zero-order valence-corrected chi connectivity index (χ0v) is 13.3. The highest BCUT2D eigenvalue weighted by Crippen LogP contribution is 2.26. The minimum atomic E-state index is -3.95. The van der Waals surface area contributed by atoms with E-state index in [4.69, 9.17) is 4.28 Å². The minimum Gasteiger partial charge on any atom is -0.326 e. The Balaban J connectivity index is 1.73. The Kier molecular flexibility index (Phi) is 4.16. The van der Waals surface area contributed by atoms with Crippen molar-refractivity contribution in [3.05, 3.63) is 59.7 Å². The first kappa shape index (κ1) is 15.7. The van der Waals surface area contributed by atoms with Crippen LogP contribution in [0.2, 0.25) is 0 Å². The second-order valence-corrected chi connectivity index (χ2v) is 6.88. The van der Waals surface area contributed by atoms with Gasteiger partial charge in [-0.3, -0.25) is 4.79 Å². The van der Waals surface area contributed by atoms with Crippen molar-refractivity contribution in [2.45, 2.75) is 24.3 Å². The maximum atomic E-state index is 12.3. The molecule has 0 radical (unpaired) electrons. The fourth-order valence-corrected chi connectivity index (χ4v) is 3.24. The molecular weight excluding hydrogens is 316 g/mol. The van der Waals surface area contributed by atoms with Crippen molar-refractivity contribution in [3.63, 3.8) is 0 Å². The summed E-state index contributed by atoms with van der Waals surface area (Å²) >= 11 is 0. The number of hydrogen-bond acceptors (Lipinski definition) is 5. The van der Waals surface area contributed by atoms with Crippen LogP contribution < -0.4 is 10.8 Å². The van der Waals surface area contributed by atoms with Crippen molar-refractivity contribution in [2.75, 3.05) is 5.32 Å². The molecule has 1 aliphatic heterocycles. The van der Waals surface area contributed by atoms with E-state index in [0.29, 0.717) is 11.3 Å². The van der Waals surface area contributed by atoms with Gasteiger partial charge in [0.15, 0.2) is 0 Å². The van der Waals surface area contributed by atoms with Gasteiger partial charge >= 0.3 is 10.1 Å². The van der Waals surface area contributed by atoms with Crippen LogP contribution in [0.1, 0.15) is 24.1 Å². The van der Waals surface area contributed by atoms with E-state index in [1.165, 1.54) is 12.1 Å². The van der Waals surface area contributed by atoms with E-state index >= 15 is 0 Å². The summed E-state index contributed by atoms with van der Waals surface area (Å²) < 4.78 is 29.5. The zero-order chi connectivity index (χ0) is 16.4. The summed E-state index contributed by atoms with van der Waals surface area (Å²) in [6.45, 7) is 1.80. The largest absolute Gasteiger partial charge is 0.326 e. The molecule has 0 saturated heterocycles. The smallest absolute Gasteiger partial charge is 0.312 e. The molecule has 2 aromatic carbocycles. The molecule has 1 unspecified atom stereocenters. The highest BCUT2D eigenvalue weighted by atomic mass is 32.2. The number of carbonyl (C=O) groups excluding carboxylic acids is 1.